The maximum Gasteiger partial charge on any atom is 0.333 e. The van der Waals surface area contributed by atoms with Crippen LogP contribution in [0.1, 0.15) is 38.2 Å². The summed E-state index contributed by atoms with van der Waals surface area (Å²) in [5.74, 6) is -0.334. The normalized spacial score (nSPS) is 16.9. The van der Waals surface area contributed by atoms with Gasteiger partial charge in [0.1, 0.15) is 5.56 Å². The van der Waals surface area contributed by atoms with Crippen LogP contribution in [-0.2, 0) is 14.1 Å². The third-order valence-corrected chi connectivity index (χ3v) is 3.87. The molecule has 0 aliphatic carbocycles. The van der Waals surface area contributed by atoms with Gasteiger partial charge in [-0.3, -0.25) is 18.9 Å². The van der Waals surface area contributed by atoms with Crippen LogP contribution >= 0.6 is 0 Å². The Labute approximate surface area is 123 Å². The van der Waals surface area contributed by atoms with Crippen LogP contribution in [0.4, 0.5) is 0 Å². The second-order valence-electron chi connectivity index (χ2n) is 5.46. The Morgan fingerprint density at radius 2 is 1.62 bits per heavy atom. The molecule has 0 aromatic carbocycles. The van der Waals surface area contributed by atoms with Crippen molar-refractivity contribution in [3.63, 3.8) is 0 Å². The Hall–Kier alpha value is -2.05. The van der Waals surface area contributed by atoms with E-state index in [1.807, 2.05) is 5.01 Å². The van der Waals surface area contributed by atoms with Crippen LogP contribution < -0.4 is 11.2 Å². The molecule has 0 saturated carbocycles. The highest BCUT2D eigenvalue weighted by Crippen LogP contribution is 2.13. The van der Waals surface area contributed by atoms with Crippen LogP contribution in [-0.4, -0.2) is 38.1 Å². The monoisotopic (exact) mass is 294 g/mol. The van der Waals surface area contributed by atoms with E-state index >= 15 is 0 Å². The van der Waals surface area contributed by atoms with Gasteiger partial charge in [-0.05, 0) is 19.8 Å². The highest BCUT2D eigenvalue weighted by Gasteiger charge is 2.18. The predicted molar refractivity (Wildman–Crippen MR) is 80.8 cm³/mol. The van der Waals surface area contributed by atoms with E-state index in [0.29, 0.717) is 5.71 Å². The van der Waals surface area contributed by atoms with E-state index in [0.717, 1.165) is 35.1 Å². The maximum atomic E-state index is 12.2. The fraction of sp³-hybridized carbons (Fsp3) is 0.643. The number of hydrogen-bond acceptors (Lipinski definition) is 5. The van der Waals surface area contributed by atoms with Crippen molar-refractivity contribution in [1.82, 2.24) is 14.1 Å². The molecule has 2 rings (SSSR count). The summed E-state index contributed by atoms with van der Waals surface area (Å²) < 4.78 is 2.04. The zero-order chi connectivity index (χ0) is 15.6. The van der Waals surface area contributed by atoms with Crippen molar-refractivity contribution in [2.24, 2.45) is 19.2 Å². The topological polar surface area (TPSA) is 79.8 Å². The lowest BCUT2D eigenvalue weighted by Crippen LogP contribution is -2.40. The van der Waals surface area contributed by atoms with Gasteiger partial charge in [-0.25, -0.2) is 4.79 Å². The summed E-state index contributed by atoms with van der Waals surface area (Å²) in [6.07, 6.45) is 4.54. The molecule has 1 N–H and O–H groups in total. The minimum absolute atomic E-state index is 0.0869. The first-order valence-electron chi connectivity index (χ1n) is 7.23. The minimum Gasteiger partial charge on any atom is -0.494 e. The third-order valence-electron chi connectivity index (χ3n) is 3.87. The van der Waals surface area contributed by atoms with Crippen LogP contribution in [0.2, 0.25) is 0 Å². The molecule has 21 heavy (non-hydrogen) atoms. The van der Waals surface area contributed by atoms with Crippen molar-refractivity contribution in [1.29, 1.82) is 0 Å². The summed E-state index contributed by atoms with van der Waals surface area (Å²) in [5, 5.41) is 16.5. The zero-order valence-corrected chi connectivity index (χ0v) is 12.8. The number of rotatable bonds is 2. The molecule has 1 fully saturated rings. The lowest BCUT2D eigenvalue weighted by atomic mass is 10.2. The van der Waals surface area contributed by atoms with E-state index in [-0.39, 0.29) is 11.4 Å². The van der Waals surface area contributed by atoms with Gasteiger partial charge in [-0.2, -0.15) is 5.10 Å². The Kier molecular flexibility index (Phi) is 4.50. The van der Waals surface area contributed by atoms with E-state index in [4.69, 9.17) is 0 Å². The van der Waals surface area contributed by atoms with Gasteiger partial charge in [0.25, 0.3) is 5.56 Å². The number of aromatic nitrogens is 2. The Bertz CT molecular complexity index is 664. The standard InChI is InChI=1S/C14H22N4O3/c1-10(15-18-8-6-4-5-7-9-18)11-12(19)16(2)14(21)17(3)13(11)20/h19H,4-9H2,1-3H3/b15-10-. The van der Waals surface area contributed by atoms with Crippen molar-refractivity contribution >= 4 is 5.71 Å². The molecule has 1 aromatic rings. The quantitative estimate of drug-likeness (QED) is 0.800. The van der Waals surface area contributed by atoms with E-state index in [1.54, 1.807) is 6.92 Å². The fourth-order valence-electron chi connectivity index (χ4n) is 2.57. The Balaban J connectivity index is 2.46. The van der Waals surface area contributed by atoms with Gasteiger partial charge in [0.15, 0.2) is 0 Å². The average molecular weight is 294 g/mol. The highest BCUT2D eigenvalue weighted by molar-refractivity contribution is 6.00. The van der Waals surface area contributed by atoms with Crippen molar-refractivity contribution in [2.75, 3.05) is 13.1 Å². The molecule has 1 aromatic heterocycles. The Morgan fingerprint density at radius 1 is 1.05 bits per heavy atom. The van der Waals surface area contributed by atoms with Crippen LogP contribution in [0.5, 0.6) is 5.88 Å². The molecule has 0 atom stereocenters. The maximum absolute atomic E-state index is 12.2. The first kappa shape index (κ1) is 15.3. The molecule has 116 valence electrons. The summed E-state index contributed by atoms with van der Waals surface area (Å²) >= 11 is 0. The lowest BCUT2D eigenvalue weighted by Gasteiger charge is -2.18. The van der Waals surface area contributed by atoms with Gasteiger partial charge in [0.2, 0.25) is 5.88 Å². The molecule has 0 amide bonds. The number of nitrogens with zero attached hydrogens (tertiary/aromatic N) is 4. The van der Waals surface area contributed by atoms with Gasteiger partial charge < -0.3 is 5.11 Å². The lowest BCUT2D eigenvalue weighted by molar-refractivity contribution is 0.300. The molecule has 7 heteroatoms. The van der Waals surface area contributed by atoms with Crippen LogP contribution in [0.3, 0.4) is 0 Å². The smallest absolute Gasteiger partial charge is 0.333 e. The number of hydrogen-bond donors (Lipinski definition) is 1. The van der Waals surface area contributed by atoms with Crippen molar-refractivity contribution in [3.8, 4) is 5.88 Å². The van der Waals surface area contributed by atoms with Gasteiger partial charge in [0, 0.05) is 27.2 Å². The van der Waals surface area contributed by atoms with Crippen LogP contribution in [0, 0.1) is 0 Å². The molecule has 0 unspecified atom stereocenters. The molecule has 7 nitrogen and oxygen atoms in total. The average Bonchev–Trinajstić information content (AvgIpc) is 2.72. The molecule has 1 aliphatic heterocycles. The van der Waals surface area contributed by atoms with Gasteiger partial charge in [-0.1, -0.05) is 12.8 Å². The molecule has 1 aliphatic rings. The van der Waals surface area contributed by atoms with Gasteiger partial charge in [0.05, 0.1) is 5.71 Å². The number of hydrazone groups is 1. The van der Waals surface area contributed by atoms with Crippen molar-refractivity contribution in [2.45, 2.75) is 32.6 Å². The summed E-state index contributed by atoms with van der Waals surface area (Å²) in [7, 11) is 2.83. The second-order valence-corrected chi connectivity index (χ2v) is 5.46. The van der Waals surface area contributed by atoms with Crippen molar-refractivity contribution in [3.05, 3.63) is 26.4 Å². The van der Waals surface area contributed by atoms with Gasteiger partial charge in [-0.15, -0.1) is 0 Å². The van der Waals surface area contributed by atoms with E-state index in [2.05, 4.69) is 5.10 Å². The van der Waals surface area contributed by atoms with E-state index in [9.17, 15) is 14.7 Å². The highest BCUT2D eigenvalue weighted by atomic mass is 16.3. The van der Waals surface area contributed by atoms with Crippen molar-refractivity contribution < 1.29 is 5.11 Å². The zero-order valence-electron chi connectivity index (χ0n) is 12.8. The molecule has 0 radical (unpaired) electrons. The summed E-state index contributed by atoms with van der Waals surface area (Å²) in [4.78, 5) is 23.9. The molecular formula is C14H22N4O3. The SMILES string of the molecule is C/C(=N/N1CCCCCC1)c1c(O)n(C)c(=O)n(C)c1=O. The minimum atomic E-state index is -0.552. The molecular weight excluding hydrogens is 272 g/mol. The third kappa shape index (κ3) is 3.01. The summed E-state index contributed by atoms with van der Waals surface area (Å²) in [6, 6.07) is 0. The number of aromatic hydroxyl groups is 1. The predicted octanol–water partition coefficient (Wildman–Crippen LogP) is 0.390. The van der Waals surface area contributed by atoms with Gasteiger partial charge >= 0.3 is 5.69 Å². The van der Waals surface area contributed by atoms with E-state index < -0.39 is 11.2 Å². The molecule has 1 saturated heterocycles. The fourth-order valence-corrected chi connectivity index (χ4v) is 2.57. The first-order valence-corrected chi connectivity index (χ1v) is 7.23. The molecule has 0 spiro atoms. The molecule has 0 bridgehead atoms. The molecule has 2 heterocycles. The summed E-state index contributed by atoms with van der Waals surface area (Å²) in [6.45, 7) is 3.39. The second kappa shape index (κ2) is 6.15. The van der Waals surface area contributed by atoms with Crippen LogP contribution in [0.15, 0.2) is 14.7 Å². The van der Waals surface area contributed by atoms with E-state index in [1.165, 1.54) is 26.9 Å². The summed E-state index contributed by atoms with van der Waals surface area (Å²) in [5.41, 5.74) is -0.551. The first-order chi connectivity index (χ1) is 9.93. The Morgan fingerprint density at radius 3 is 2.19 bits per heavy atom. The van der Waals surface area contributed by atoms with Crippen LogP contribution in [0.25, 0.3) is 0 Å². The largest absolute Gasteiger partial charge is 0.494 e.